The molecule has 0 saturated carbocycles. The number of likely N-dealkylation sites (N-methyl/N-ethyl adjacent to an activating group) is 1. The number of amides is 4. The molecular weight excluding hydrogens is 320 g/mol. The summed E-state index contributed by atoms with van der Waals surface area (Å²) < 4.78 is 0. The minimum Gasteiger partial charge on any atom is -0.336 e. The molecule has 0 radical (unpaired) electrons. The summed E-state index contributed by atoms with van der Waals surface area (Å²) in [6.45, 7) is 5.67. The van der Waals surface area contributed by atoms with E-state index in [0.717, 1.165) is 6.42 Å². The first-order valence-corrected chi connectivity index (χ1v) is 8.56. The summed E-state index contributed by atoms with van der Waals surface area (Å²) in [7, 11) is 1.59. The van der Waals surface area contributed by atoms with Crippen molar-refractivity contribution in [3.8, 4) is 0 Å². The molecule has 4 amide bonds. The maximum atomic E-state index is 12.9. The molecule has 0 bridgehead atoms. The molecule has 0 aliphatic carbocycles. The highest BCUT2D eigenvalue weighted by Crippen LogP contribution is 2.31. The molecule has 7 heteroatoms. The molecule has 2 unspecified atom stereocenters. The smallest absolute Gasteiger partial charge is 0.317 e. The number of nitrogens with zero attached hydrogens (tertiary/aromatic N) is 2. The van der Waals surface area contributed by atoms with Crippen LogP contribution in [0, 0.1) is 0 Å². The number of para-hydroxylation sites is 2. The molecule has 2 N–H and O–H groups in total. The lowest BCUT2D eigenvalue weighted by atomic mass is 10.1. The van der Waals surface area contributed by atoms with Crippen LogP contribution in [0.5, 0.6) is 0 Å². The Morgan fingerprint density at radius 1 is 1.40 bits per heavy atom. The summed E-state index contributed by atoms with van der Waals surface area (Å²) in [5, 5.41) is 5.66. The standard InChI is InChI=1S/C18H26N4O3/c1-5-12(2)19-18(25)21(4)11-17(24)22-13(3)10-16(23)20-14-8-6-7-9-15(14)22/h6-9,12-13H,5,10-11H2,1-4H3,(H,19,25)(H,20,23). The topological polar surface area (TPSA) is 81.8 Å². The van der Waals surface area contributed by atoms with Gasteiger partial charge in [-0.05, 0) is 32.4 Å². The predicted octanol–water partition coefficient (Wildman–Crippen LogP) is 2.19. The van der Waals surface area contributed by atoms with E-state index in [1.54, 1.807) is 24.1 Å². The number of hydrogen-bond donors (Lipinski definition) is 2. The van der Waals surface area contributed by atoms with Crippen LogP contribution in [0.3, 0.4) is 0 Å². The first-order chi connectivity index (χ1) is 11.8. The number of urea groups is 1. The van der Waals surface area contributed by atoms with Gasteiger partial charge >= 0.3 is 6.03 Å². The highest BCUT2D eigenvalue weighted by molar-refractivity contribution is 6.05. The number of hydrogen-bond acceptors (Lipinski definition) is 3. The Labute approximate surface area is 148 Å². The molecule has 1 heterocycles. The summed E-state index contributed by atoms with van der Waals surface area (Å²) in [6, 6.07) is 6.67. The summed E-state index contributed by atoms with van der Waals surface area (Å²) in [5.74, 6) is -0.351. The van der Waals surface area contributed by atoms with Gasteiger partial charge in [-0.15, -0.1) is 0 Å². The molecule has 2 rings (SSSR count). The lowest BCUT2D eigenvalue weighted by Crippen LogP contribution is -2.49. The monoisotopic (exact) mass is 346 g/mol. The lowest BCUT2D eigenvalue weighted by Gasteiger charge is -2.30. The molecule has 0 fully saturated rings. The van der Waals surface area contributed by atoms with Gasteiger partial charge in [0, 0.05) is 25.6 Å². The van der Waals surface area contributed by atoms with Gasteiger partial charge in [-0.2, -0.15) is 0 Å². The van der Waals surface area contributed by atoms with Gasteiger partial charge < -0.3 is 20.4 Å². The fourth-order valence-electron chi connectivity index (χ4n) is 2.74. The van der Waals surface area contributed by atoms with Gasteiger partial charge in [0.05, 0.1) is 11.4 Å². The van der Waals surface area contributed by atoms with E-state index in [-0.39, 0.29) is 42.9 Å². The Morgan fingerprint density at radius 2 is 2.08 bits per heavy atom. The van der Waals surface area contributed by atoms with E-state index in [0.29, 0.717) is 11.4 Å². The normalized spacial score (nSPS) is 17.8. The fourth-order valence-corrected chi connectivity index (χ4v) is 2.74. The molecular formula is C18H26N4O3. The molecule has 2 atom stereocenters. The number of carbonyl (C=O) groups is 3. The average Bonchev–Trinajstić information content (AvgIpc) is 2.68. The first-order valence-electron chi connectivity index (χ1n) is 8.56. The molecule has 0 saturated heterocycles. The van der Waals surface area contributed by atoms with Crippen molar-refractivity contribution in [3.63, 3.8) is 0 Å². The van der Waals surface area contributed by atoms with Gasteiger partial charge in [-0.25, -0.2) is 4.79 Å². The molecule has 0 aromatic heterocycles. The second-order valence-electron chi connectivity index (χ2n) is 6.50. The van der Waals surface area contributed by atoms with Crippen molar-refractivity contribution in [1.29, 1.82) is 0 Å². The molecule has 25 heavy (non-hydrogen) atoms. The zero-order chi connectivity index (χ0) is 18.6. The van der Waals surface area contributed by atoms with Crippen LogP contribution in [0.4, 0.5) is 16.2 Å². The predicted molar refractivity (Wildman–Crippen MR) is 97.6 cm³/mol. The van der Waals surface area contributed by atoms with Crippen LogP contribution in [0.2, 0.25) is 0 Å². The first kappa shape index (κ1) is 18.8. The summed E-state index contributed by atoms with van der Waals surface area (Å²) >= 11 is 0. The van der Waals surface area contributed by atoms with Crippen LogP contribution >= 0.6 is 0 Å². The minimum absolute atomic E-state index is 0.0460. The summed E-state index contributed by atoms with van der Waals surface area (Å²) in [4.78, 5) is 40.0. The van der Waals surface area contributed by atoms with Gasteiger partial charge in [0.1, 0.15) is 6.54 Å². The second-order valence-corrected chi connectivity index (χ2v) is 6.50. The number of carbonyl (C=O) groups excluding carboxylic acids is 3. The van der Waals surface area contributed by atoms with Gasteiger partial charge in [0.2, 0.25) is 11.8 Å². The third-order valence-electron chi connectivity index (χ3n) is 4.33. The lowest BCUT2D eigenvalue weighted by molar-refractivity contribution is -0.119. The Balaban J connectivity index is 2.17. The van der Waals surface area contributed by atoms with Crippen LogP contribution in [-0.2, 0) is 9.59 Å². The highest BCUT2D eigenvalue weighted by atomic mass is 16.2. The zero-order valence-electron chi connectivity index (χ0n) is 15.2. The SMILES string of the molecule is CCC(C)NC(=O)N(C)CC(=O)N1c2ccccc2NC(=O)CC1C. The molecule has 1 aromatic rings. The van der Waals surface area contributed by atoms with E-state index < -0.39 is 0 Å². The van der Waals surface area contributed by atoms with Crippen LogP contribution < -0.4 is 15.5 Å². The number of benzene rings is 1. The molecule has 7 nitrogen and oxygen atoms in total. The van der Waals surface area contributed by atoms with Crippen LogP contribution in [0.25, 0.3) is 0 Å². The summed E-state index contributed by atoms with van der Waals surface area (Å²) in [6.07, 6.45) is 1.03. The minimum atomic E-state index is -0.290. The van der Waals surface area contributed by atoms with E-state index in [1.807, 2.05) is 32.9 Å². The maximum absolute atomic E-state index is 12.9. The van der Waals surface area contributed by atoms with Crippen molar-refractivity contribution >= 4 is 29.2 Å². The Bertz CT molecular complexity index is 661. The third kappa shape index (κ3) is 4.49. The van der Waals surface area contributed by atoms with Crippen LogP contribution in [0.15, 0.2) is 24.3 Å². The van der Waals surface area contributed by atoms with Gasteiger partial charge in [0.25, 0.3) is 0 Å². The van der Waals surface area contributed by atoms with Crippen LogP contribution in [0.1, 0.15) is 33.6 Å². The quantitative estimate of drug-likeness (QED) is 0.877. The number of anilines is 2. The van der Waals surface area contributed by atoms with E-state index >= 15 is 0 Å². The van der Waals surface area contributed by atoms with Gasteiger partial charge in [-0.1, -0.05) is 19.1 Å². The molecule has 1 aromatic carbocycles. The molecule has 0 spiro atoms. The van der Waals surface area contributed by atoms with E-state index in [2.05, 4.69) is 10.6 Å². The third-order valence-corrected chi connectivity index (χ3v) is 4.33. The Morgan fingerprint density at radius 3 is 2.76 bits per heavy atom. The largest absolute Gasteiger partial charge is 0.336 e. The number of fused-ring (bicyclic) bond motifs is 1. The Kier molecular flexibility index (Phi) is 6.01. The van der Waals surface area contributed by atoms with Crippen molar-refractivity contribution < 1.29 is 14.4 Å². The highest BCUT2D eigenvalue weighted by Gasteiger charge is 2.30. The zero-order valence-corrected chi connectivity index (χ0v) is 15.2. The number of rotatable bonds is 4. The van der Waals surface area contributed by atoms with Gasteiger partial charge in [-0.3, -0.25) is 9.59 Å². The second kappa shape index (κ2) is 8.00. The maximum Gasteiger partial charge on any atom is 0.317 e. The van der Waals surface area contributed by atoms with Gasteiger partial charge in [0.15, 0.2) is 0 Å². The number of nitrogens with one attached hydrogen (secondary N) is 2. The van der Waals surface area contributed by atoms with E-state index in [4.69, 9.17) is 0 Å². The van der Waals surface area contributed by atoms with E-state index in [1.165, 1.54) is 4.90 Å². The van der Waals surface area contributed by atoms with Crippen molar-refractivity contribution in [3.05, 3.63) is 24.3 Å². The fraction of sp³-hybridized carbons (Fsp3) is 0.500. The molecule has 1 aliphatic rings. The summed E-state index contributed by atoms with van der Waals surface area (Å²) in [5.41, 5.74) is 1.26. The average molecular weight is 346 g/mol. The van der Waals surface area contributed by atoms with Crippen molar-refractivity contribution in [2.45, 2.75) is 45.7 Å². The van der Waals surface area contributed by atoms with Crippen molar-refractivity contribution in [2.24, 2.45) is 0 Å². The van der Waals surface area contributed by atoms with Crippen LogP contribution in [-0.4, -0.2) is 48.4 Å². The van der Waals surface area contributed by atoms with Crippen molar-refractivity contribution in [2.75, 3.05) is 23.8 Å². The van der Waals surface area contributed by atoms with E-state index in [9.17, 15) is 14.4 Å². The van der Waals surface area contributed by atoms with Crippen molar-refractivity contribution in [1.82, 2.24) is 10.2 Å². The molecule has 1 aliphatic heterocycles. The Hall–Kier alpha value is -2.57. The molecule has 136 valence electrons.